The molecule has 0 saturated carbocycles. The number of aliphatic hydroxyl groups excluding tert-OH is 1. The monoisotopic (exact) mass is 310 g/mol. The number of aliphatic hydroxyl groups is 1. The molecule has 0 aliphatic rings. The fourth-order valence-corrected chi connectivity index (χ4v) is 2.23. The van der Waals surface area contributed by atoms with E-state index in [4.69, 9.17) is 5.11 Å². The van der Waals surface area contributed by atoms with Crippen LogP contribution in [0, 0.1) is 0 Å². The van der Waals surface area contributed by atoms with Crippen LogP contribution in [-0.4, -0.2) is 5.11 Å². The third-order valence-electron chi connectivity index (χ3n) is 3.56. The zero-order valence-electron chi connectivity index (χ0n) is 13.1. The minimum Gasteiger partial charge on any atom is -0.392 e. The average molecular weight is 310 g/mol. The van der Waals surface area contributed by atoms with Crippen LogP contribution in [0.4, 0.5) is 0 Å². The molecule has 1 N–H and O–H groups in total. The summed E-state index contributed by atoms with van der Waals surface area (Å²) in [5.74, 6) is 0. The summed E-state index contributed by atoms with van der Waals surface area (Å²) in [5, 5.41) is 9.03. The Hall–Kier alpha value is -1.77. The number of benzene rings is 2. The fraction of sp³-hybridized carbons (Fsp3) is 0.200. The summed E-state index contributed by atoms with van der Waals surface area (Å²) in [5.41, 5.74) is 5.77. The Morgan fingerprint density at radius 1 is 0.864 bits per heavy atom. The van der Waals surface area contributed by atoms with Crippen molar-refractivity contribution in [3.8, 4) is 0 Å². The summed E-state index contributed by atoms with van der Waals surface area (Å²) in [6, 6.07) is 16.4. The highest BCUT2D eigenvalue weighted by molar-refractivity contribution is 7.84. The van der Waals surface area contributed by atoms with Crippen molar-refractivity contribution in [2.75, 3.05) is 0 Å². The topological polar surface area (TPSA) is 20.2 Å². The Balaban J connectivity index is 2.04. The van der Waals surface area contributed by atoms with Crippen molar-refractivity contribution in [3.05, 3.63) is 81.3 Å². The predicted octanol–water partition coefficient (Wildman–Crippen LogP) is 5.12. The molecule has 0 radical (unpaired) electrons. The van der Waals surface area contributed by atoms with Crippen molar-refractivity contribution in [3.63, 3.8) is 0 Å². The van der Waals surface area contributed by atoms with Crippen LogP contribution in [-0.2, 0) is 13.0 Å². The van der Waals surface area contributed by atoms with Gasteiger partial charge in [-0.25, -0.2) is 0 Å². The van der Waals surface area contributed by atoms with Crippen molar-refractivity contribution in [2.24, 2.45) is 0 Å². The first-order valence-corrected chi connectivity index (χ1v) is 7.85. The van der Waals surface area contributed by atoms with Gasteiger partial charge in [0.15, 0.2) is 0 Å². The summed E-state index contributed by atoms with van der Waals surface area (Å²) >= 11 is 4.52. The molecule has 0 heterocycles. The van der Waals surface area contributed by atoms with Gasteiger partial charge in [-0.2, -0.15) is 0 Å². The molecule has 2 rings (SSSR count). The van der Waals surface area contributed by atoms with Crippen molar-refractivity contribution in [1.82, 2.24) is 0 Å². The highest BCUT2D eigenvalue weighted by Crippen LogP contribution is 2.17. The molecule has 0 aromatic heterocycles. The van der Waals surface area contributed by atoms with E-state index in [1.54, 1.807) is 0 Å². The molecular weight excluding hydrogens is 288 g/mol. The van der Waals surface area contributed by atoms with Crippen molar-refractivity contribution in [1.29, 1.82) is 0 Å². The quantitative estimate of drug-likeness (QED) is 0.580. The molecule has 0 atom stereocenters. The molecule has 0 saturated heterocycles. The Kier molecular flexibility index (Phi) is 6.05. The minimum absolute atomic E-state index is 0.0876. The largest absolute Gasteiger partial charge is 0.392 e. The van der Waals surface area contributed by atoms with E-state index in [1.807, 2.05) is 24.3 Å². The normalized spacial score (nSPS) is 10.9. The van der Waals surface area contributed by atoms with Gasteiger partial charge >= 0.3 is 0 Å². The standard InChI is InChI=1S/C20H22OS/c1-15(2)20(22)13-18-9-5-16(6-10-18)3-4-17-7-11-19(14-21)12-8-17/h3-12,21-22H,13-14H2,1-2H3. The van der Waals surface area contributed by atoms with E-state index >= 15 is 0 Å². The predicted molar refractivity (Wildman–Crippen MR) is 98.8 cm³/mol. The van der Waals surface area contributed by atoms with E-state index in [2.05, 4.69) is 62.9 Å². The van der Waals surface area contributed by atoms with Gasteiger partial charge in [0, 0.05) is 6.42 Å². The minimum atomic E-state index is 0.0876. The van der Waals surface area contributed by atoms with E-state index in [9.17, 15) is 0 Å². The van der Waals surface area contributed by atoms with E-state index in [0.717, 1.165) is 22.5 Å². The molecule has 0 aliphatic carbocycles. The van der Waals surface area contributed by atoms with Gasteiger partial charge in [0.1, 0.15) is 0 Å². The van der Waals surface area contributed by atoms with E-state index in [-0.39, 0.29) is 6.61 Å². The lowest BCUT2D eigenvalue weighted by atomic mass is 10.1. The van der Waals surface area contributed by atoms with Crippen LogP contribution in [0.25, 0.3) is 12.2 Å². The third-order valence-corrected chi connectivity index (χ3v) is 4.16. The molecule has 22 heavy (non-hydrogen) atoms. The molecule has 2 heteroatoms. The number of rotatable bonds is 5. The van der Waals surface area contributed by atoms with Gasteiger partial charge in [-0.05, 0) is 41.0 Å². The Bertz CT molecular complexity index is 660. The highest BCUT2D eigenvalue weighted by Gasteiger charge is 1.97. The van der Waals surface area contributed by atoms with Crippen LogP contribution in [0.3, 0.4) is 0 Å². The lowest BCUT2D eigenvalue weighted by Gasteiger charge is -2.04. The lowest BCUT2D eigenvalue weighted by molar-refractivity contribution is 0.282. The summed E-state index contributed by atoms with van der Waals surface area (Å²) in [6.07, 6.45) is 5.06. The molecule has 0 spiro atoms. The molecule has 2 aromatic carbocycles. The molecule has 2 aromatic rings. The number of hydrogen-bond acceptors (Lipinski definition) is 2. The van der Waals surface area contributed by atoms with Gasteiger partial charge in [-0.15, -0.1) is 12.6 Å². The second-order valence-electron chi connectivity index (χ2n) is 5.60. The van der Waals surface area contributed by atoms with Crippen molar-refractivity contribution < 1.29 is 5.11 Å². The van der Waals surface area contributed by atoms with Gasteiger partial charge in [-0.1, -0.05) is 66.3 Å². The molecule has 0 aliphatic heterocycles. The molecule has 0 amide bonds. The zero-order chi connectivity index (χ0) is 15.9. The SMILES string of the molecule is CC(C)=C(S)Cc1ccc(C=Cc2ccc(CO)cc2)cc1. The van der Waals surface area contributed by atoms with Gasteiger partial charge in [0.25, 0.3) is 0 Å². The smallest absolute Gasteiger partial charge is 0.0681 e. The Morgan fingerprint density at radius 2 is 1.32 bits per heavy atom. The number of thiol groups is 1. The molecular formula is C20H22OS. The van der Waals surface area contributed by atoms with Crippen LogP contribution in [0.1, 0.15) is 36.1 Å². The van der Waals surface area contributed by atoms with Crippen LogP contribution >= 0.6 is 12.6 Å². The maximum atomic E-state index is 9.03. The number of allylic oxidation sites excluding steroid dienone is 2. The van der Waals surface area contributed by atoms with Gasteiger partial charge in [-0.3, -0.25) is 0 Å². The lowest BCUT2D eigenvalue weighted by Crippen LogP contribution is -1.87. The van der Waals surface area contributed by atoms with E-state index in [0.29, 0.717) is 0 Å². The van der Waals surface area contributed by atoms with Gasteiger partial charge in [0.2, 0.25) is 0 Å². The average Bonchev–Trinajstić information content (AvgIpc) is 2.54. The highest BCUT2D eigenvalue weighted by atomic mass is 32.1. The second-order valence-corrected chi connectivity index (χ2v) is 6.14. The molecule has 1 nitrogen and oxygen atoms in total. The first-order valence-electron chi connectivity index (χ1n) is 7.40. The summed E-state index contributed by atoms with van der Waals surface area (Å²) in [6.45, 7) is 4.26. The molecule has 114 valence electrons. The number of hydrogen-bond donors (Lipinski definition) is 2. The van der Waals surface area contributed by atoms with Crippen molar-refractivity contribution >= 4 is 24.8 Å². The van der Waals surface area contributed by atoms with E-state index < -0.39 is 0 Å². The van der Waals surface area contributed by atoms with Crippen LogP contribution in [0.2, 0.25) is 0 Å². The Morgan fingerprint density at radius 3 is 1.73 bits per heavy atom. The fourth-order valence-electron chi connectivity index (χ4n) is 2.04. The van der Waals surface area contributed by atoms with Gasteiger partial charge in [0.05, 0.1) is 6.61 Å². The van der Waals surface area contributed by atoms with Crippen LogP contribution in [0.15, 0.2) is 59.0 Å². The first-order chi connectivity index (χ1) is 10.6. The third kappa shape index (κ3) is 4.90. The summed E-state index contributed by atoms with van der Waals surface area (Å²) in [7, 11) is 0. The van der Waals surface area contributed by atoms with Crippen molar-refractivity contribution in [2.45, 2.75) is 26.9 Å². The van der Waals surface area contributed by atoms with Gasteiger partial charge < -0.3 is 5.11 Å². The zero-order valence-corrected chi connectivity index (χ0v) is 14.0. The summed E-state index contributed by atoms with van der Waals surface area (Å²) < 4.78 is 0. The van der Waals surface area contributed by atoms with E-state index in [1.165, 1.54) is 16.7 Å². The summed E-state index contributed by atoms with van der Waals surface area (Å²) in [4.78, 5) is 1.13. The van der Waals surface area contributed by atoms with Crippen LogP contribution in [0.5, 0.6) is 0 Å². The van der Waals surface area contributed by atoms with Crippen LogP contribution < -0.4 is 0 Å². The molecule has 0 bridgehead atoms. The first kappa shape index (κ1) is 16.6. The molecule has 0 fully saturated rings. The maximum absolute atomic E-state index is 9.03. The maximum Gasteiger partial charge on any atom is 0.0681 e. The second kappa shape index (κ2) is 8.02. The molecule has 0 unspecified atom stereocenters. The Labute approximate surface area is 138 Å².